The second-order valence-electron chi connectivity index (χ2n) is 11.7. The van der Waals surface area contributed by atoms with E-state index in [4.69, 9.17) is 19.6 Å². The maximum Gasteiger partial charge on any atom is 0.160 e. The standard InChI is InChI=1S/C46H28N2S2/c1-3-11-29(12-4-1)31-15-9-16-33(25-31)40-28-41(38-19-10-18-37-35-17-7-8-20-42(35)50-45(37)38)48-46(47-40)34-21-23-36-39-26-32(30-13-5-2-6-14-30)22-24-43(39)49-44(36)27-34/h1-28H/i2D,5D,6D,13D,14D,21D,22D,23D,24D,26D,27D. The lowest BCUT2D eigenvalue weighted by atomic mass is 10.00. The van der Waals surface area contributed by atoms with E-state index < -0.39 is 53.9 Å². The molecule has 0 radical (unpaired) electrons. The van der Waals surface area contributed by atoms with Gasteiger partial charge in [-0.05, 0) is 58.6 Å². The van der Waals surface area contributed by atoms with E-state index in [1.165, 1.54) is 0 Å². The van der Waals surface area contributed by atoms with Crippen LogP contribution in [0.4, 0.5) is 0 Å². The third kappa shape index (κ3) is 5.00. The molecule has 234 valence electrons. The molecular formula is C46H28N2S2. The number of aromatic nitrogens is 2. The number of rotatable bonds is 5. The Balaban J connectivity index is 1.25. The molecule has 0 fully saturated rings. The zero-order valence-corrected chi connectivity index (χ0v) is 27.7. The highest BCUT2D eigenvalue weighted by Gasteiger charge is 2.17. The van der Waals surface area contributed by atoms with Crippen molar-refractivity contribution >= 4 is 63.0 Å². The fraction of sp³-hybridized carbons (Fsp3) is 0. The topological polar surface area (TPSA) is 25.8 Å². The second kappa shape index (κ2) is 11.9. The molecule has 7 aromatic carbocycles. The SMILES string of the molecule is [2H]c1c([2H])c([2H])c(-c2c([2H])c([2H])c3sc4c([2H])c(-c5nc(-c6cccc(-c7ccccc7)c6)cc(-c6cccc7c6sc6ccccc67)n5)c([2H])c([2H])c4c3c2[2H])c([2H])c1[2H]. The zero-order chi connectivity index (χ0) is 42.6. The Hall–Kier alpha value is -5.94. The number of fused-ring (bicyclic) bond motifs is 6. The summed E-state index contributed by atoms with van der Waals surface area (Å²) in [4.78, 5) is 10.1. The van der Waals surface area contributed by atoms with Gasteiger partial charge in [-0.2, -0.15) is 0 Å². The van der Waals surface area contributed by atoms with Crippen molar-refractivity contribution in [2.45, 2.75) is 0 Å². The Morgan fingerprint density at radius 3 is 2.10 bits per heavy atom. The first-order valence-electron chi connectivity index (χ1n) is 21.3. The van der Waals surface area contributed by atoms with E-state index in [9.17, 15) is 5.48 Å². The van der Waals surface area contributed by atoms with Gasteiger partial charge in [-0.1, -0.05) is 133 Å². The first kappa shape index (κ1) is 19.9. The van der Waals surface area contributed by atoms with Crippen LogP contribution in [0.2, 0.25) is 0 Å². The highest BCUT2D eigenvalue weighted by molar-refractivity contribution is 7.26. The van der Waals surface area contributed by atoms with Crippen molar-refractivity contribution in [2.75, 3.05) is 0 Å². The van der Waals surface area contributed by atoms with E-state index in [1.54, 1.807) is 11.3 Å². The van der Waals surface area contributed by atoms with Gasteiger partial charge >= 0.3 is 0 Å². The van der Waals surface area contributed by atoms with E-state index in [0.29, 0.717) is 11.4 Å². The molecule has 4 heteroatoms. The summed E-state index contributed by atoms with van der Waals surface area (Å²) < 4.78 is 99.8. The van der Waals surface area contributed by atoms with Gasteiger partial charge in [-0.15, -0.1) is 22.7 Å². The van der Waals surface area contributed by atoms with Crippen LogP contribution in [0, 0.1) is 0 Å². The Labute approximate surface area is 313 Å². The van der Waals surface area contributed by atoms with Crippen LogP contribution in [0.25, 0.3) is 96.5 Å². The fourth-order valence-corrected chi connectivity index (χ4v) is 8.48. The predicted molar refractivity (Wildman–Crippen MR) is 215 cm³/mol. The summed E-state index contributed by atoms with van der Waals surface area (Å²) in [7, 11) is 0. The van der Waals surface area contributed by atoms with E-state index in [1.807, 2.05) is 84.9 Å². The summed E-state index contributed by atoms with van der Waals surface area (Å²) >= 11 is 2.57. The Bertz CT molecular complexity index is 3480. The summed E-state index contributed by atoms with van der Waals surface area (Å²) in [6.45, 7) is 0. The number of nitrogens with zero attached hydrogens (tertiary/aromatic N) is 2. The smallest absolute Gasteiger partial charge is 0.160 e. The lowest BCUT2D eigenvalue weighted by molar-refractivity contribution is 1.19. The maximum atomic E-state index is 9.64. The molecule has 50 heavy (non-hydrogen) atoms. The first-order valence-corrected chi connectivity index (χ1v) is 17.5. The molecule has 0 saturated heterocycles. The van der Waals surface area contributed by atoms with E-state index in [0.717, 1.165) is 53.8 Å². The third-order valence-electron chi connectivity index (χ3n) is 8.66. The van der Waals surface area contributed by atoms with Crippen molar-refractivity contribution in [1.82, 2.24) is 9.97 Å². The van der Waals surface area contributed by atoms with Crippen LogP contribution in [0.5, 0.6) is 0 Å². The van der Waals surface area contributed by atoms with Crippen molar-refractivity contribution in [3.63, 3.8) is 0 Å². The molecule has 0 saturated carbocycles. The number of thiophene rings is 2. The summed E-state index contributed by atoms with van der Waals surface area (Å²) in [5.74, 6) is 0.0387. The average Bonchev–Trinajstić information content (AvgIpc) is 3.88. The van der Waals surface area contributed by atoms with E-state index in [-0.39, 0.29) is 55.3 Å². The van der Waals surface area contributed by atoms with Gasteiger partial charge in [0.15, 0.2) is 5.82 Å². The van der Waals surface area contributed by atoms with Crippen LogP contribution in [0.3, 0.4) is 0 Å². The monoisotopic (exact) mass is 683 g/mol. The fourth-order valence-electron chi connectivity index (χ4n) is 6.29. The second-order valence-corrected chi connectivity index (χ2v) is 13.8. The molecule has 0 atom stereocenters. The summed E-state index contributed by atoms with van der Waals surface area (Å²) in [6.07, 6.45) is 0. The molecule has 10 rings (SSSR count). The minimum atomic E-state index is -0.652. The number of hydrogen-bond donors (Lipinski definition) is 0. The van der Waals surface area contributed by atoms with Crippen molar-refractivity contribution in [3.05, 3.63) is 170 Å². The van der Waals surface area contributed by atoms with Crippen molar-refractivity contribution in [2.24, 2.45) is 0 Å². The van der Waals surface area contributed by atoms with Gasteiger partial charge in [-0.25, -0.2) is 9.97 Å². The van der Waals surface area contributed by atoms with Gasteiger partial charge in [0.1, 0.15) is 0 Å². The molecule has 3 heterocycles. The van der Waals surface area contributed by atoms with Crippen LogP contribution in [-0.4, -0.2) is 9.97 Å². The number of hydrogen-bond acceptors (Lipinski definition) is 4. The average molecular weight is 684 g/mol. The molecule has 0 amide bonds. The Morgan fingerprint density at radius 2 is 1.18 bits per heavy atom. The van der Waals surface area contributed by atoms with Crippen LogP contribution >= 0.6 is 22.7 Å². The van der Waals surface area contributed by atoms with Gasteiger partial charge in [0.05, 0.1) is 26.5 Å². The minimum Gasteiger partial charge on any atom is -0.228 e. The molecule has 0 unspecified atom stereocenters. The Morgan fingerprint density at radius 1 is 0.420 bits per heavy atom. The van der Waals surface area contributed by atoms with Gasteiger partial charge < -0.3 is 0 Å². The Kier molecular flexibility index (Phi) is 4.73. The van der Waals surface area contributed by atoms with Gasteiger partial charge in [0, 0.05) is 57.0 Å². The zero-order valence-electron chi connectivity index (χ0n) is 37.0. The lowest BCUT2D eigenvalue weighted by Crippen LogP contribution is -1.96. The lowest BCUT2D eigenvalue weighted by Gasteiger charge is -2.11. The molecule has 10 aromatic rings. The number of benzene rings is 7. The molecule has 0 aliphatic heterocycles. The van der Waals surface area contributed by atoms with Crippen LogP contribution in [0.1, 0.15) is 15.1 Å². The molecule has 0 N–H and O–H groups in total. The summed E-state index contributed by atoms with van der Waals surface area (Å²) in [6, 6.07) is 28.4. The largest absolute Gasteiger partial charge is 0.228 e. The molecule has 0 spiro atoms. The summed E-state index contributed by atoms with van der Waals surface area (Å²) in [5, 5.41) is 2.18. The maximum absolute atomic E-state index is 9.64. The van der Waals surface area contributed by atoms with Crippen LogP contribution < -0.4 is 0 Å². The summed E-state index contributed by atoms with van der Waals surface area (Å²) in [5.41, 5.74) is 3.86. The van der Waals surface area contributed by atoms with Crippen LogP contribution in [-0.2, 0) is 0 Å². The van der Waals surface area contributed by atoms with Crippen molar-refractivity contribution in [3.8, 4) is 56.2 Å². The molecule has 0 aliphatic rings. The van der Waals surface area contributed by atoms with Crippen molar-refractivity contribution < 1.29 is 15.1 Å². The first-order chi connectivity index (χ1) is 29.3. The molecule has 2 nitrogen and oxygen atoms in total. The molecule has 0 aliphatic carbocycles. The quantitative estimate of drug-likeness (QED) is 0.180. The molecule has 0 bridgehead atoms. The normalized spacial score (nSPS) is 14.7. The van der Waals surface area contributed by atoms with E-state index in [2.05, 4.69) is 18.2 Å². The van der Waals surface area contributed by atoms with Crippen LogP contribution in [0.15, 0.2) is 170 Å². The molecule has 3 aromatic heterocycles. The minimum absolute atomic E-state index is 0.00844. The van der Waals surface area contributed by atoms with Gasteiger partial charge in [-0.3, -0.25) is 0 Å². The van der Waals surface area contributed by atoms with E-state index >= 15 is 0 Å². The predicted octanol–water partition coefficient (Wildman–Crippen LogP) is 13.5. The third-order valence-corrected chi connectivity index (χ3v) is 10.9. The highest BCUT2D eigenvalue weighted by atomic mass is 32.1. The van der Waals surface area contributed by atoms with Gasteiger partial charge in [0.2, 0.25) is 0 Å². The molecular weight excluding hydrogens is 645 g/mol. The highest BCUT2D eigenvalue weighted by Crippen LogP contribution is 2.42. The van der Waals surface area contributed by atoms with Crippen molar-refractivity contribution in [1.29, 1.82) is 0 Å². The van der Waals surface area contributed by atoms with Gasteiger partial charge in [0.25, 0.3) is 0 Å².